The maximum atomic E-state index is 15.2. The average molecular weight is 871 g/mol. The van der Waals surface area contributed by atoms with Crippen molar-refractivity contribution in [2.24, 2.45) is 0 Å². The lowest BCUT2D eigenvalue weighted by Gasteiger charge is -2.34. The second-order valence-corrected chi connectivity index (χ2v) is 16.6. The summed E-state index contributed by atoms with van der Waals surface area (Å²) in [5, 5.41) is 6.00. The molecular formula is C46H46F4N14. The van der Waals surface area contributed by atoms with E-state index in [1.165, 1.54) is 12.1 Å². The van der Waals surface area contributed by atoms with Crippen molar-refractivity contribution in [3.8, 4) is 22.6 Å². The molecule has 9 rings (SSSR count). The fourth-order valence-corrected chi connectivity index (χ4v) is 8.37. The van der Waals surface area contributed by atoms with Crippen molar-refractivity contribution >= 4 is 45.5 Å². The number of hydrogen-bond acceptors (Lipinski definition) is 12. The molecule has 1 fully saturated rings. The van der Waals surface area contributed by atoms with Crippen LogP contribution in [-0.4, -0.2) is 85.0 Å². The molecule has 0 unspecified atom stereocenters. The SMILES string of the molecule is Cc1nc2c(F)cc(-c3ncc(F)c(Nc4ccc(CN5CCN(Cc6ccc(Nc7ncc(F)c(-c8cc(F)c9nc(C)n(C(C)C)c9c8)n7)nc6)CC5)cn4)n3)cc2n1C(C)C. The Balaban J connectivity index is 0.780. The summed E-state index contributed by atoms with van der Waals surface area (Å²) in [5.74, 6) is 0.109. The fraction of sp³-hybridized carbons (Fsp3) is 0.304. The third-order valence-electron chi connectivity index (χ3n) is 11.3. The minimum atomic E-state index is -0.675. The van der Waals surface area contributed by atoms with E-state index in [4.69, 9.17) is 0 Å². The van der Waals surface area contributed by atoms with Crippen LogP contribution in [0.1, 0.15) is 62.6 Å². The third-order valence-corrected chi connectivity index (χ3v) is 11.3. The molecule has 0 aliphatic carbocycles. The molecule has 6 aromatic heterocycles. The van der Waals surface area contributed by atoms with Crippen LogP contribution in [0.3, 0.4) is 0 Å². The molecule has 1 aliphatic heterocycles. The lowest BCUT2D eigenvalue weighted by atomic mass is 10.1. The maximum absolute atomic E-state index is 15.2. The van der Waals surface area contributed by atoms with Crippen molar-refractivity contribution in [3.05, 3.63) is 119 Å². The molecule has 0 amide bonds. The van der Waals surface area contributed by atoms with Crippen LogP contribution in [0.2, 0.25) is 0 Å². The van der Waals surface area contributed by atoms with Crippen molar-refractivity contribution in [1.29, 1.82) is 0 Å². The Morgan fingerprint density at radius 1 is 0.547 bits per heavy atom. The highest BCUT2D eigenvalue weighted by atomic mass is 19.1. The van der Waals surface area contributed by atoms with E-state index in [1.807, 2.05) is 68.9 Å². The number of rotatable bonds is 12. The molecule has 2 aromatic carbocycles. The van der Waals surface area contributed by atoms with Gasteiger partial charge in [-0.2, -0.15) is 0 Å². The van der Waals surface area contributed by atoms with Crippen LogP contribution in [0, 0.1) is 37.1 Å². The first-order valence-electron chi connectivity index (χ1n) is 21.1. The molecule has 18 heteroatoms. The molecule has 0 bridgehead atoms. The Hall–Kier alpha value is -6.92. The minimum absolute atomic E-state index is 0.0311. The van der Waals surface area contributed by atoms with Gasteiger partial charge in [0.25, 0.3) is 0 Å². The van der Waals surface area contributed by atoms with Crippen LogP contribution < -0.4 is 10.6 Å². The van der Waals surface area contributed by atoms with Gasteiger partial charge in [0.15, 0.2) is 34.9 Å². The number of anilines is 4. The molecule has 328 valence electrons. The summed E-state index contributed by atoms with van der Waals surface area (Å²) in [4.78, 5) is 39.6. The summed E-state index contributed by atoms with van der Waals surface area (Å²) in [6.07, 6.45) is 5.67. The Bertz CT molecular complexity index is 2990. The van der Waals surface area contributed by atoms with Gasteiger partial charge in [-0.1, -0.05) is 12.1 Å². The number of nitrogens with zero attached hydrogens (tertiary/aromatic N) is 12. The van der Waals surface area contributed by atoms with Gasteiger partial charge in [-0.25, -0.2) is 57.4 Å². The maximum Gasteiger partial charge on any atom is 0.229 e. The van der Waals surface area contributed by atoms with Gasteiger partial charge in [-0.3, -0.25) is 9.80 Å². The highest BCUT2D eigenvalue weighted by Gasteiger charge is 2.22. The first-order chi connectivity index (χ1) is 30.8. The number of halogens is 4. The quantitative estimate of drug-likeness (QED) is 0.113. The van der Waals surface area contributed by atoms with Gasteiger partial charge >= 0.3 is 0 Å². The van der Waals surface area contributed by atoms with Gasteiger partial charge < -0.3 is 19.8 Å². The summed E-state index contributed by atoms with van der Waals surface area (Å²) in [5.41, 5.74) is 4.39. The Kier molecular flexibility index (Phi) is 11.5. The van der Waals surface area contributed by atoms with Crippen molar-refractivity contribution in [2.75, 3.05) is 36.8 Å². The molecule has 1 saturated heterocycles. The lowest BCUT2D eigenvalue weighted by Crippen LogP contribution is -2.45. The number of piperazine rings is 1. The van der Waals surface area contributed by atoms with Crippen LogP contribution in [0.25, 0.3) is 44.7 Å². The molecule has 0 radical (unpaired) electrons. The van der Waals surface area contributed by atoms with E-state index >= 15 is 13.2 Å². The topological polar surface area (TPSA) is 144 Å². The van der Waals surface area contributed by atoms with E-state index in [-0.39, 0.29) is 52.0 Å². The summed E-state index contributed by atoms with van der Waals surface area (Å²) in [6.45, 7) is 16.5. The zero-order valence-electron chi connectivity index (χ0n) is 36.2. The number of benzene rings is 2. The van der Waals surface area contributed by atoms with E-state index < -0.39 is 23.3 Å². The number of fused-ring (bicyclic) bond motifs is 2. The highest BCUT2D eigenvalue weighted by molar-refractivity contribution is 5.84. The van der Waals surface area contributed by atoms with Crippen molar-refractivity contribution in [1.82, 2.24) is 58.8 Å². The standard InChI is InChI=1S/C46H46F4N14/c1-25(2)63-27(5)55-42-33(47)15-31(17-37(42)63)41-35(49)21-54-46(59-41)58-40-10-8-30(20-52-40)24-62-13-11-61(12-14-62)23-29-7-9-39(51-19-29)57-45-36(50)22-53-44(60-45)32-16-34(48)43-38(18-32)64(26(3)4)28(6)56-43/h7-10,15-22,25-26H,11-14,23-24H2,1-6H3,(H,51,53,57,60)(H,52,54,58,59). The smallest absolute Gasteiger partial charge is 0.229 e. The Labute approximate surface area is 366 Å². The second kappa shape index (κ2) is 17.3. The predicted octanol–water partition coefficient (Wildman–Crippen LogP) is 9.23. The largest absolute Gasteiger partial charge is 0.326 e. The van der Waals surface area contributed by atoms with E-state index in [0.717, 1.165) is 49.7 Å². The van der Waals surface area contributed by atoms with Gasteiger partial charge in [0.2, 0.25) is 5.95 Å². The van der Waals surface area contributed by atoms with Gasteiger partial charge in [0.05, 0.1) is 23.4 Å². The molecule has 0 atom stereocenters. The molecular weight excluding hydrogens is 825 g/mol. The Morgan fingerprint density at radius 2 is 1.06 bits per heavy atom. The van der Waals surface area contributed by atoms with Crippen molar-refractivity contribution in [2.45, 2.75) is 66.7 Å². The predicted molar refractivity (Wildman–Crippen MR) is 237 cm³/mol. The zero-order chi connectivity index (χ0) is 44.8. The second-order valence-electron chi connectivity index (χ2n) is 16.6. The van der Waals surface area contributed by atoms with Crippen LogP contribution in [0.4, 0.5) is 41.0 Å². The first-order valence-corrected chi connectivity index (χ1v) is 21.1. The highest BCUT2D eigenvalue weighted by Crippen LogP contribution is 2.32. The summed E-state index contributed by atoms with van der Waals surface area (Å²) in [7, 11) is 0. The van der Waals surface area contributed by atoms with Crippen molar-refractivity contribution in [3.63, 3.8) is 0 Å². The summed E-state index contributed by atoms with van der Waals surface area (Å²) >= 11 is 0. The van der Waals surface area contributed by atoms with Crippen molar-refractivity contribution < 1.29 is 17.6 Å². The van der Waals surface area contributed by atoms with E-state index in [9.17, 15) is 4.39 Å². The van der Waals surface area contributed by atoms with E-state index in [1.54, 1.807) is 30.6 Å². The monoisotopic (exact) mass is 870 g/mol. The van der Waals surface area contributed by atoms with Gasteiger partial charge in [-0.15, -0.1) is 0 Å². The zero-order valence-corrected chi connectivity index (χ0v) is 36.2. The third kappa shape index (κ3) is 8.57. The molecule has 64 heavy (non-hydrogen) atoms. The van der Waals surface area contributed by atoms with Gasteiger partial charge in [0.1, 0.15) is 40.0 Å². The lowest BCUT2D eigenvalue weighted by molar-refractivity contribution is 0.122. The van der Waals surface area contributed by atoms with Crippen LogP contribution in [-0.2, 0) is 13.1 Å². The molecule has 8 aromatic rings. The van der Waals surface area contributed by atoms with Crippen LogP contribution in [0.15, 0.2) is 73.3 Å². The summed E-state index contributed by atoms with van der Waals surface area (Å²) < 4.78 is 64.1. The fourth-order valence-electron chi connectivity index (χ4n) is 8.37. The number of imidazole rings is 2. The Morgan fingerprint density at radius 3 is 1.59 bits per heavy atom. The van der Waals surface area contributed by atoms with Gasteiger partial charge in [-0.05, 0) is 89.1 Å². The first kappa shape index (κ1) is 42.4. The average Bonchev–Trinajstić information content (AvgIpc) is 3.80. The number of pyridine rings is 2. The number of hydrogen-bond donors (Lipinski definition) is 2. The number of aromatic nitrogens is 10. The molecule has 1 aliphatic rings. The molecule has 2 N–H and O–H groups in total. The molecule has 7 heterocycles. The van der Waals surface area contributed by atoms with E-state index in [0.29, 0.717) is 53.0 Å². The molecule has 0 saturated carbocycles. The van der Waals surface area contributed by atoms with E-state index in [2.05, 4.69) is 60.3 Å². The molecule has 14 nitrogen and oxygen atoms in total. The van der Waals surface area contributed by atoms with Crippen LogP contribution in [0.5, 0.6) is 0 Å². The normalized spacial score (nSPS) is 13.8. The number of nitrogens with one attached hydrogen (secondary N) is 2. The minimum Gasteiger partial charge on any atom is -0.326 e. The summed E-state index contributed by atoms with van der Waals surface area (Å²) in [6, 6.07) is 13.7. The van der Waals surface area contributed by atoms with Gasteiger partial charge in [0, 0.05) is 74.9 Å². The van der Waals surface area contributed by atoms with Crippen LogP contribution >= 0.6 is 0 Å². The molecule has 0 spiro atoms. The number of aryl methyl sites for hydroxylation is 2.